The van der Waals surface area contributed by atoms with Crippen LogP contribution in [0, 0.1) is 11.3 Å². The highest BCUT2D eigenvalue weighted by Gasteiger charge is 2.16. The average molecular weight is 205 g/mol. The second-order valence-electron chi connectivity index (χ2n) is 3.24. The van der Waals surface area contributed by atoms with E-state index >= 15 is 0 Å². The fourth-order valence-electron chi connectivity index (χ4n) is 1.57. The minimum absolute atomic E-state index is 0.248. The molecule has 1 heterocycles. The molecule has 78 valence electrons. The molecule has 1 aliphatic rings. The normalized spacial score (nSPS) is 12.5. The molecule has 0 saturated carbocycles. The van der Waals surface area contributed by atoms with Crippen LogP contribution in [0.15, 0.2) is 12.1 Å². The molecule has 4 nitrogen and oxygen atoms in total. The van der Waals surface area contributed by atoms with Crippen LogP contribution in [-0.4, -0.2) is 13.9 Å². The van der Waals surface area contributed by atoms with Gasteiger partial charge in [-0.05, 0) is 23.3 Å². The molecule has 0 unspecified atom stereocenters. The van der Waals surface area contributed by atoms with Gasteiger partial charge in [0.25, 0.3) is 0 Å². The molecule has 0 saturated heterocycles. The van der Waals surface area contributed by atoms with Crippen molar-refractivity contribution >= 4 is 0 Å². The lowest BCUT2D eigenvalue weighted by Gasteiger charge is -2.07. The van der Waals surface area contributed by atoms with Gasteiger partial charge < -0.3 is 14.2 Å². The fraction of sp³-hybridized carbons (Fsp3) is 0.364. The maximum atomic E-state index is 8.70. The van der Waals surface area contributed by atoms with Crippen molar-refractivity contribution in [1.29, 1.82) is 5.26 Å². The van der Waals surface area contributed by atoms with Gasteiger partial charge in [-0.2, -0.15) is 5.26 Å². The lowest BCUT2D eigenvalue weighted by atomic mass is 10.0. The summed E-state index contributed by atoms with van der Waals surface area (Å²) < 4.78 is 15.6. The second kappa shape index (κ2) is 4.20. The van der Waals surface area contributed by atoms with Crippen LogP contribution in [0.1, 0.15) is 11.1 Å². The topological polar surface area (TPSA) is 51.5 Å². The molecule has 1 aromatic rings. The fourth-order valence-corrected chi connectivity index (χ4v) is 1.57. The van der Waals surface area contributed by atoms with Crippen LogP contribution < -0.4 is 9.47 Å². The molecule has 0 radical (unpaired) electrons. The highest BCUT2D eigenvalue weighted by Crippen LogP contribution is 2.35. The highest BCUT2D eigenvalue weighted by molar-refractivity contribution is 5.49. The predicted molar refractivity (Wildman–Crippen MR) is 52.6 cm³/mol. The van der Waals surface area contributed by atoms with Crippen molar-refractivity contribution in [2.24, 2.45) is 0 Å². The van der Waals surface area contributed by atoms with Crippen molar-refractivity contribution in [3.05, 3.63) is 23.3 Å². The van der Waals surface area contributed by atoms with Gasteiger partial charge in [0.05, 0.1) is 19.1 Å². The molecule has 0 spiro atoms. The van der Waals surface area contributed by atoms with Crippen molar-refractivity contribution in [2.75, 3.05) is 13.9 Å². The van der Waals surface area contributed by atoms with Crippen LogP contribution >= 0.6 is 0 Å². The molecule has 0 amide bonds. The average Bonchev–Trinajstić information content (AvgIpc) is 2.66. The number of nitrogens with zero attached hydrogens (tertiary/aromatic N) is 1. The minimum Gasteiger partial charge on any atom is -0.454 e. The van der Waals surface area contributed by atoms with Crippen LogP contribution in [0.3, 0.4) is 0 Å². The molecule has 0 bridgehead atoms. The van der Waals surface area contributed by atoms with Crippen LogP contribution in [0.5, 0.6) is 11.5 Å². The Morgan fingerprint density at radius 1 is 1.33 bits per heavy atom. The maximum Gasteiger partial charge on any atom is 0.231 e. The minimum atomic E-state index is 0.248. The van der Waals surface area contributed by atoms with Gasteiger partial charge in [0.2, 0.25) is 6.79 Å². The molecule has 2 rings (SSSR count). The van der Waals surface area contributed by atoms with E-state index in [0.29, 0.717) is 18.8 Å². The molecule has 0 atom stereocenters. The van der Waals surface area contributed by atoms with Crippen molar-refractivity contribution < 1.29 is 14.2 Å². The van der Waals surface area contributed by atoms with Gasteiger partial charge in [-0.15, -0.1) is 0 Å². The van der Waals surface area contributed by atoms with Crippen LogP contribution in [0.2, 0.25) is 0 Å². The molecule has 0 N–H and O–H groups in total. The maximum absolute atomic E-state index is 8.70. The van der Waals surface area contributed by atoms with E-state index < -0.39 is 0 Å². The van der Waals surface area contributed by atoms with Crippen molar-refractivity contribution in [3.63, 3.8) is 0 Å². The molecule has 15 heavy (non-hydrogen) atoms. The van der Waals surface area contributed by atoms with Crippen LogP contribution in [-0.2, 0) is 17.8 Å². The standard InChI is InChI=1S/C11H11NO3/c1-13-6-9-5-11-10(14-7-15-11)4-8(9)2-3-12/h4-5H,2,6-7H2,1H3. The number of nitriles is 1. The predicted octanol–water partition coefficient (Wildman–Crippen LogP) is 1.63. The first-order valence-electron chi connectivity index (χ1n) is 4.62. The van der Waals surface area contributed by atoms with Gasteiger partial charge in [0.1, 0.15) is 0 Å². The first-order chi connectivity index (χ1) is 7.35. The Bertz CT molecular complexity index is 409. The Kier molecular flexibility index (Phi) is 2.75. The van der Waals surface area contributed by atoms with Gasteiger partial charge in [0, 0.05) is 7.11 Å². The molecule has 0 aliphatic carbocycles. The Morgan fingerprint density at radius 3 is 2.60 bits per heavy atom. The van der Waals surface area contributed by atoms with E-state index in [2.05, 4.69) is 6.07 Å². The molecular weight excluding hydrogens is 194 g/mol. The van der Waals surface area contributed by atoms with Crippen LogP contribution in [0.25, 0.3) is 0 Å². The van der Waals surface area contributed by atoms with Gasteiger partial charge in [-0.25, -0.2) is 0 Å². The summed E-state index contributed by atoms with van der Waals surface area (Å²) >= 11 is 0. The summed E-state index contributed by atoms with van der Waals surface area (Å²) in [6, 6.07) is 5.84. The van der Waals surface area contributed by atoms with E-state index in [1.807, 2.05) is 12.1 Å². The number of fused-ring (bicyclic) bond motifs is 1. The zero-order valence-electron chi connectivity index (χ0n) is 8.45. The molecule has 0 fully saturated rings. The summed E-state index contributed by atoms with van der Waals surface area (Å²) in [5.41, 5.74) is 1.91. The number of ether oxygens (including phenoxy) is 3. The molecule has 4 heteroatoms. The van der Waals surface area contributed by atoms with Gasteiger partial charge in [-0.3, -0.25) is 0 Å². The highest BCUT2D eigenvalue weighted by atomic mass is 16.7. The Morgan fingerprint density at radius 2 is 2.00 bits per heavy atom. The summed E-state index contributed by atoms with van der Waals surface area (Å²) in [7, 11) is 1.63. The van der Waals surface area contributed by atoms with Crippen molar-refractivity contribution in [2.45, 2.75) is 13.0 Å². The summed E-state index contributed by atoms with van der Waals surface area (Å²) in [5, 5.41) is 8.70. The SMILES string of the molecule is COCc1cc2c(cc1CC#N)OCO2. The lowest BCUT2D eigenvalue weighted by molar-refractivity contribution is 0.173. The first-order valence-corrected chi connectivity index (χ1v) is 4.62. The summed E-state index contributed by atoms with van der Waals surface area (Å²) in [5.74, 6) is 1.43. The Hall–Kier alpha value is -1.73. The van der Waals surface area contributed by atoms with E-state index in [-0.39, 0.29) is 6.79 Å². The first kappa shape index (κ1) is 9.81. The van der Waals surface area contributed by atoms with E-state index in [1.165, 1.54) is 0 Å². The van der Waals surface area contributed by atoms with E-state index in [9.17, 15) is 0 Å². The second-order valence-corrected chi connectivity index (χ2v) is 3.24. The van der Waals surface area contributed by atoms with Crippen LogP contribution in [0.4, 0.5) is 0 Å². The number of benzene rings is 1. The quantitative estimate of drug-likeness (QED) is 0.752. The van der Waals surface area contributed by atoms with Crippen molar-refractivity contribution in [3.8, 4) is 17.6 Å². The third kappa shape index (κ3) is 1.88. The summed E-state index contributed by atoms with van der Waals surface area (Å²) in [6.07, 6.45) is 0.356. The monoisotopic (exact) mass is 205 g/mol. The zero-order valence-corrected chi connectivity index (χ0v) is 8.45. The van der Waals surface area contributed by atoms with Gasteiger partial charge in [-0.1, -0.05) is 0 Å². The van der Waals surface area contributed by atoms with Crippen molar-refractivity contribution in [1.82, 2.24) is 0 Å². The molecule has 1 aromatic carbocycles. The Labute approximate surface area is 88.0 Å². The van der Waals surface area contributed by atoms with Gasteiger partial charge in [0.15, 0.2) is 11.5 Å². The third-order valence-electron chi connectivity index (χ3n) is 2.26. The van der Waals surface area contributed by atoms with E-state index in [1.54, 1.807) is 7.11 Å². The lowest BCUT2D eigenvalue weighted by Crippen LogP contribution is -1.95. The largest absolute Gasteiger partial charge is 0.454 e. The van der Waals surface area contributed by atoms with E-state index in [4.69, 9.17) is 19.5 Å². The number of hydrogen-bond acceptors (Lipinski definition) is 4. The molecule has 0 aromatic heterocycles. The van der Waals surface area contributed by atoms with E-state index in [0.717, 1.165) is 16.9 Å². The third-order valence-corrected chi connectivity index (χ3v) is 2.26. The number of rotatable bonds is 3. The number of methoxy groups -OCH3 is 1. The smallest absolute Gasteiger partial charge is 0.231 e. The zero-order chi connectivity index (χ0) is 10.7. The Balaban J connectivity index is 2.38. The number of hydrogen-bond donors (Lipinski definition) is 0. The summed E-state index contributed by atoms with van der Waals surface area (Å²) in [4.78, 5) is 0. The molecular formula is C11H11NO3. The van der Waals surface area contributed by atoms with Gasteiger partial charge >= 0.3 is 0 Å². The summed E-state index contributed by atoms with van der Waals surface area (Å²) in [6.45, 7) is 0.728. The molecule has 1 aliphatic heterocycles.